The van der Waals surface area contributed by atoms with Crippen molar-refractivity contribution in [3.63, 3.8) is 0 Å². The van der Waals surface area contributed by atoms with Gasteiger partial charge in [0.15, 0.2) is 17.1 Å². The molecule has 1 N–H and O–H groups in total. The number of alkyl halides is 3. The number of rotatable bonds is 4. The van der Waals surface area contributed by atoms with Crippen LogP contribution >= 0.6 is 0 Å². The summed E-state index contributed by atoms with van der Waals surface area (Å²) < 4.78 is 56.5. The first-order valence-electron chi connectivity index (χ1n) is 13.7. The summed E-state index contributed by atoms with van der Waals surface area (Å²) in [6, 6.07) is 7.84. The molecular weight excluding hydrogens is 509 g/mol. The molecule has 2 aliphatic heterocycles. The number of esters is 1. The van der Waals surface area contributed by atoms with E-state index in [4.69, 9.17) is 9.47 Å². The number of carbonyl (C=O) groups excluding carboxylic acids is 2. The third-order valence-corrected chi connectivity index (χ3v) is 9.86. The second kappa shape index (κ2) is 8.80. The first-order valence-corrected chi connectivity index (χ1v) is 13.7. The fraction of sp³-hybridized carbons (Fsp3) is 0.533. The molecule has 2 bridgehead atoms. The maximum atomic E-state index is 14.6. The van der Waals surface area contributed by atoms with Crippen LogP contribution < -0.4 is 5.32 Å². The fourth-order valence-corrected chi connectivity index (χ4v) is 8.46. The first kappa shape index (κ1) is 26.3. The number of hydrogen-bond acceptors (Lipinski definition) is 4. The Hall–Kier alpha value is -2.91. The summed E-state index contributed by atoms with van der Waals surface area (Å²) in [6.07, 6.45) is 4.93. The van der Waals surface area contributed by atoms with Crippen LogP contribution in [0.25, 0.3) is 5.76 Å². The van der Waals surface area contributed by atoms with E-state index in [1.807, 2.05) is 0 Å². The van der Waals surface area contributed by atoms with Gasteiger partial charge in [-0.3, -0.25) is 9.59 Å². The van der Waals surface area contributed by atoms with Gasteiger partial charge in [0.2, 0.25) is 0 Å². The molecule has 0 aromatic heterocycles. The molecule has 2 saturated carbocycles. The highest BCUT2D eigenvalue weighted by atomic mass is 19.4. The van der Waals surface area contributed by atoms with Crippen LogP contribution in [0.15, 0.2) is 59.7 Å². The van der Waals surface area contributed by atoms with Gasteiger partial charge in [-0.1, -0.05) is 54.5 Å². The topological polar surface area (TPSA) is 64.6 Å². The highest BCUT2D eigenvalue weighted by Crippen LogP contribution is 2.69. The van der Waals surface area contributed by atoms with Gasteiger partial charge < -0.3 is 19.3 Å². The maximum absolute atomic E-state index is 14.6. The lowest BCUT2D eigenvalue weighted by Crippen LogP contribution is -2.70. The second-order valence-corrected chi connectivity index (χ2v) is 12.2. The van der Waals surface area contributed by atoms with Crippen molar-refractivity contribution in [1.82, 2.24) is 5.32 Å². The minimum atomic E-state index is -5.09. The molecule has 208 valence electrons. The monoisotopic (exact) mass is 543 g/mol. The zero-order chi connectivity index (χ0) is 27.8. The molecule has 5 aliphatic rings. The van der Waals surface area contributed by atoms with Gasteiger partial charge in [0.25, 0.3) is 5.91 Å². The molecule has 6 atom stereocenters. The van der Waals surface area contributed by atoms with E-state index in [1.165, 1.54) is 24.3 Å². The van der Waals surface area contributed by atoms with Crippen molar-refractivity contribution in [3.8, 4) is 0 Å². The van der Waals surface area contributed by atoms with Gasteiger partial charge in [0, 0.05) is 42.6 Å². The number of piperidine rings is 1. The number of benzene rings is 1. The number of likely N-dealkylation sites (tertiary alicyclic amines) is 1. The fourth-order valence-electron chi connectivity index (χ4n) is 8.46. The highest BCUT2D eigenvalue weighted by Gasteiger charge is 2.74. The molecular formula is C30H34F3N2O4+. The van der Waals surface area contributed by atoms with E-state index in [0.29, 0.717) is 12.0 Å². The number of ether oxygens (including phenoxy) is 2. The summed E-state index contributed by atoms with van der Waals surface area (Å²) in [5.41, 5.74) is -2.07. The smallest absolute Gasteiger partial charge is 0.425 e. The van der Waals surface area contributed by atoms with Crippen molar-refractivity contribution < 1.29 is 36.7 Å². The van der Waals surface area contributed by atoms with E-state index in [9.17, 15) is 22.8 Å². The second-order valence-electron chi connectivity index (χ2n) is 12.2. The Kier molecular flexibility index (Phi) is 5.94. The number of hydrogen-bond donors (Lipinski definition) is 1. The number of allylic oxidation sites excluding steroid dienone is 2. The third kappa shape index (κ3) is 3.91. The Morgan fingerprint density at radius 3 is 2.59 bits per heavy atom. The predicted octanol–water partition coefficient (Wildman–Crippen LogP) is 4.89. The molecule has 6 rings (SSSR count). The summed E-state index contributed by atoms with van der Waals surface area (Å²) >= 11 is 0. The number of carbonyl (C=O) groups is 2. The number of halogens is 3. The van der Waals surface area contributed by atoms with Crippen LogP contribution in [0.1, 0.15) is 44.6 Å². The van der Waals surface area contributed by atoms with Crippen molar-refractivity contribution in [2.75, 3.05) is 20.6 Å². The molecule has 0 radical (unpaired) electrons. The van der Waals surface area contributed by atoms with Gasteiger partial charge in [-0.2, -0.15) is 13.2 Å². The molecule has 1 aromatic carbocycles. The summed E-state index contributed by atoms with van der Waals surface area (Å²) in [6.45, 7) is 1.97. The number of nitrogens with zero attached hydrogens (tertiary/aromatic N) is 1. The van der Waals surface area contributed by atoms with Crippen LogP contribution in [0.3, 0.4) is 0 Å². The van der Waals surface area contributed by atoms with E-state index in [1.54, 1.807) is 18.2 Å². The van der Waals surface area contributed by atoms with Crippen LogP contribution in [0.2, 0.25) is 0 Å². The molecule has 1 spiro atoms. The summed E-state index contributed by atoms with van der Waals surface area (Å²) in [5, 5.41) is 2.72. The van der Waals surface area contributed by atoms with Gasteiger partial charge in [-0.05, 0) is 18.9 Å². The summed E-state index contributed by atoms with van der Waals surface area (Å²) in [7, 11) is 4.54. The van der Waals surface area contributed by atoms with Gasteiger partial charge in [-0.25, -0.2) is 0 Å². The molecule has 2 unspecified atom stereocenters. The van der Waals surface area contributed by atoms with Gasteiger partial charge in [-0.15, -0.1) is 0 Å². The van der Waals surface area contributed by atoms with Gasteiger partial charge in [0.1, 0.15) is 0 Å². The van der Waals surface area contributed by atoms with Crippen LogP contribution in [0, 0.1) is 17.3 Å². The lowest BCUT2D eigenvalue weighted by Gasteiger charge is -2.63. The quantitative estimate of drug-likeness (QED) is 0.254. The van der Waals surface area contributed by atoms with Crippen molar-refractivity contribution in [2.45, 2.75) is 63.1 Å². The zero-order valence-electron chi connectivity index (χ0n) is 22.4. The highest BCUT2D eigenvalue weighted by molar-refractivity contribution is 6.03. The molecule has 4 fully saturated rings. The lowest BCUT2D eigenvalue weighted by molar-refractivity contribution is -0.929. The van der Waals surface area contributed by atoms with E-state index in [2.05, 4.69) is 25.5 Å². The van der Waals surface area contributed by atoms with Crippen molar-refractivity contribution in [3.05, 3.63) is 65.3 Å². The number of amides is 1. The minimum absolute atomic E-state index is 0.0140. The summed E-state index contributed by atoms with van der Waals surface area (Å²) in [5.74, 6) is -3.00. The number of quaternary nitrogens is 1. The Bertz CT molecular complexity index is 1300. The third-order valence-electron chi connectivity index (χ3n) is 9.86. The lowest BCUT2D eigenvalue weighted by atomic mass is 9.46. The molecule has 9 heteroatoms. The Morgan fingerprint density at radius 2 is 1.90 bits per heavy atom. The predicted molar refractivity (Wildman–Crippen MR) is 137 cm³/mol. The van der Waals surface area contributed by atoms with Crippen LogP contribution in [0.5, 0.6) is 0 Å². The average molecular weight is 544 g/mol. The normalized spacial score (nSPS) is 36.3. The standard InChI is InChI=1S/C30H33F3N2O4/c1-18(36)38-25(19-9-5-4-6-10-19)24(30(31,32)33)27(37)34-29-14-8-11-20-17-22-21-12-7-13-23(39-29)28(21,26(20)29)15-16-35(22,2)3/h4-6,8-11,14,21-23,26H,7,12-13,15-17H2,1-3H3/p+1/t21-,22+,23-,26?,28+,29?/m0/s1. The Labute approximate surface area is 226 Å². The van der Waals surface area contributed by atoms with E-state index >= 15 is 0 Å². The van der Waals surface area contributed by atoms with E-state index < -0.39 is 35.1 Å². The maximum Gasteiger partial charge on any atom is 0.425 e. The first-order chi connectivity index (χ1) is 18.4. The Balaban J connectivity index is 1.45. The van der Waals surface area contributed by atoms with E-state index in [-0.39, 0.29) is 23.0 Å². The van der Waals surface area contributed by atoms with Crippen molar-refractivity contribution in [1.29, 1.82) is 0 Å². The largest absolute Gasteiger partial charge is 0.425 e. The Morgan fingerprint density at radius 1 is 1.15 bits per heavy atom. The van der Waals surface area contributed by atoms with Crippen molar-refractivity contribution >= 4 is 17.6 Å². The van der Waals surface area contributed by atoms with Crippen LogP contribution in [-0.4, -0.2) is 61.0 Å². The average Bonchev–Trinajstić information content (AvgIpc) is 3.15. The van der Waals surface area contributed by atoms with Gasteiger partial charge in [0.05, 0.1) is 32.8 Å². The molecule has 1 amide bonds. The molecule has 2 saturated heterocycles. The van der Waals surface area contributed by atoms with Crippen molar-refractivity contribution in [2.24, 2.45) is 17.3 Å². The van der Waals surface area contributed by atoms with Gasteiger partial charge >= 0.3 is 12.1 Å². The molecule has 3 aliphatic carbocycles. The zero-order valence-corrected chi connectivity index (χ0v) is 22.4. The number of nitrogens with one attached hydrogen (secondary N) is 1. The molecule has 39 heavy (non-hydrogen) atoms. The van der Waals surface area contributed by atoms with Crippen LogP contribution in [0.4, 0.5) is 13.2 Å². The summed E-state index contributed by atoms with van der Waals surface area (Å²) in [4.78, 5) is 25.6. The minimum Gasteiger partial charge on any atom is -0.425 e. The van der Waals surface area contributed by atoms with Crippen LogP contribution in [-0.2, 0) is 19.1 Å². The molecule has 6 nitrogen and oxygen atoms in total. The molecule has 2 heterocycles. The SMILES string of the molecule is CC(=O)OC(=C(C(=O)NC12C=CC=C3C[C@@H]4[C@@H]5CCC[C@H](O1)[C@]5(CC[N+]4(C)C)C32)C(F)(F)F)c1ccccc1. The van der Waals surface area contributed by atoms with E-state index in [0.717, 1.165) is 55.6 Å². The molecule has 1 aromatic rings.